The van der Waals surface area contributed by atoms with Gasteiger partial charge in [-0.25, -0.2) is 4.39 Å². The van der Waals surface area contributed by atoms with Crippen LogP contribution >= 0.6 is 0 Å². The molecule has 5 heteroatoms. The highest BCUT2D eigenvalue weighted by molar-refractivity contribution is 5.97. The second-order valence-corrected chi connectivity index (χ2v) is 6.45. The Kier molecular flexibility index (Phi) is 3.88. The molecule has 1 aliphatic heterocycles. The average Bonchev–Trinajstić information content (AvgIpc) is 2.87. The van der Waals surface area contributed by atoms with Crippen LogP contribution in [-0.4, -0.2) is 24.1 Å². The topological polar surface area (TPSA) is 61.8 Å². The number of amidine groups is 1. The first-order chi connectivity index (χ1) is 9.32. The van der Waals surface area contributed by atoms with Gasteiger partial charge in [0, 0.05) is 18.7 Å². The van der Waals surface area contributed by atoms with E-state index in [0.717, 1.165) is 19.5 Å². The van der Waals surface area contributed by atoms with E-state index in [0.29, 0.717) is 17.2 Å². The molecule has 3 N–H and O–H groups in total. The summed E-state index contributed by atoms with van der Waals surface area (Å²) < 4.78 is 14.2. The summed E-state index contributed by atoms with van der Waals surface area (Å²) in [4.78, 5) is 2.07. The minimum Gasteiger partial charge on any atom is -0.409 e. The van der Waals surface area contributed by atoms with Gasteiger partial charge in [0.05, 0.1) is 5.69 Å². The smallest absolute Gasteiger partial charge is 0.170 e. The van der Waals surface area contributed by atoms with Gasteiger partial charge in [0.2, 0.25) is 0 Å². The van der Waals surface area contributed by atoms with E-state index in [9.17, 15) is 4.39 Å². The van der Waals surface area contributed by atoms with E-state index >= 15 is 0 Å². The van der Waals surface area contributed by atoms with Gasteiger partial charge in [-0.1, -0.05) is 25.9 Å². The Balaban J connectivity index is 2.19. The molecule has 1 aromatic rings. The number of benzene rings is 1. The van der Waals surface area contributed by atoms with E-state index < -0.39 is 0 Å². The molecule has 2 rings (SSSR count). The third-order valence-electron chi connectivity index (χ3n) is 4.10. The van der Waals surface area contributed by atoms with Crippen molar-refractivity contribution in [2.45, 2.75) is 27.2 Å². The molecule has 1 unspecified atom stereocenters. The van der Waals surface area contributed by atoms with Gasteiger partial charge < -0.3 is 15.8 Å². The fourth-order valence-corrected chi connectivity index (χ4v) is 2.67. The van der Waals surface area contributed by atoms with Crippen molar-refractivity contribution in [3.05, 3.63) is 29.6 Å². The van der Waals surface area contributed by atoms with E-state index in [4.69, 9.17) is 10.9 Å². The highest BCUT2D eigenvalue weighted by atomic mass is 19.1. The Labute approximate surface area is 119 Å². The van der Waals surface area contributed by atoms with Gasteiger partial charge in [-0.05, 0) is 36.0 Å². The van der Waals surface area contributed by atoms with Crippen molar-refractivity contribution >= 4 is 11.5 Å². The van der Waals surface area contributed by atoms with Crippen LogP contribution in [0.25, 0.3) is 0 Å². The van der Waals surface area contributed by atoms with Crippen LogP contribution in [0, 0.1) is 17.2 Å². The molecule has 0 aliphatic carbocycles. The van der Waals surface area contributed by atoms with Crippen LogP contribution in [0.15, 0.2) is 23.4 Å². The SMILES string of the molecule is CC(C)(C)C1CCN(c2ccc(/C(N)=N/O)cc2F)C1. The van der Waals surface area contributed by atoms with Crippen LogP contribution in [0.4, 0.5) is 10.1 Å². The normalized spacial score (nSPS) is 20.5. The first-order valence-corrected chi connectivity index (χ1v) is 6.85. The maximum Gasteiger partial charge on any atom is 0.170 e. The van der Waals surface area contributed by atoms with Crippen molar-refractivity contribution in [2.24, 2.45) is 22.2 Å². The van der Waals surface area contributed by atoms with Crippen LogP contribution < -0.4 is 10.6 Å². The third-order valence-corrected chi connectivity index (χ3v) is 4.10. The highest BCUT2D eigenvalue weighted by Crippen LogP contribution is 2.36. The molecule has 0 saturated carbocycles. The number of oxime groups is 1. The minimum atomic E-state index is -0.330. The summed E-state index contributed by atoms with van der Waals surface area (Å²) in [5.74, 6) is 0.152. The molecule has 110 valence electrons. The van der Waals surface area contributed by atoms with E-state index in [1.165, 1.54) is 6.07 Å². The molecule has 0 radical (unpaired) electrons. The zero-order valence-corrected chi connectivity index (χ0v) is 12.2. The number of hydrogen-bond donors (Lipinski definition) is 2. The van der Waals surface area contributed by atoms with E-state index in [2.05, 4.69) is 30.8 Å². The maximum absolute atomic E-state index is 14.2. The number of hydrogen-bond acceptors (Lipinski definition) is 3. The predicted octanol–water partition coefficient (Wildman–Crippen LogP) is 2.79. The Morgan fingerprint density at radius 3 is 2.65 bits per heavy atom. The molecule has 1 fully saturated rings. The number of nitrogens with zero attached hydrogens (tertiary/aromatic N) is 2. The summed E-state index contributed by atoms with van der Waals surface area (Å²) in [7, 11) is 0. The minimum absolute atomic E-state index is 0.0792. The molecule has 0 spiro atoms. The van der Waals surface area contributed by atoms with E-state index in [1.807, 2.05) is 0 Å². The van der Waals surface area contributed by atoms with Crippen LogP contribution in [0.3, 0.4) is 0 Å². The first-order valence-electron chi connectivity index (χ1n) is 6.85. The summed E-state index contributed by atoms with van der Waals surface area (Å²) in [6.07, 6.45) is 1.07. The molecule has 4 nitrogen and oxygen atoms in total. The molecule has 1 saturated heterocycles. The molecular formula is C15H22FN3O. The van der Waals surface area contributed by atoms with Crippen molar-refractivity contribution in [3.8, 4) is 0 Å². The second kappa shape index (κ2) is 5.31. The Morgan fingerprint density at radius 1 is 1.45 bits per heavy atom. The molecule has 1 atom stereocenters. The molecule has 0 bridgehead atoms. The lowest BCUT2D eigenvalue weighted by atomic mass is 9.80. The Hall–Kier alpha value is -1.78. The van der Waals surface area contributed by atoms with Crippen LogP contribution in [0.1, 0.15) is 32.8 Å². The number of nitrogens with two attached hydrogens (primary N) is 1. The highest BCUT2D eigenvalue weighted by Gasteiger charge is 2.32. The van der Waals surface area contributed by atoms with Gasteiger partial charge in [-0.3, -0.25) is 0 Å². The second-order valence-electron chi connectivity index (χ2n) is 6.45. The van der Waals surface area contributed by atoms with E-state index in [1.54, 1.807) is 12.1 Å². The molecular weight excluding hydrogens is 257 g/mol. The quantitative estimate of drug-likeness (QED) is 0.379. The molecule has 1 aromatic carbocycles. The lowest BCUT2D eigenvalue weighted by Gasteiger charge is -2.27. The molecule has 0 amide bonds. The lowest BCUT2D eigenvalue weighted by Crippen LogP contribution is -2.26. The first kappa shape index (κ1) is 14.6. The number of rotatable bonds is 2. The monoisotopic (exact) mass is 279 g/mol. The molecule has 1 heterocycles. The summed E-state index contributed by atoms with van der Waals surface area (Å²) in [6, 6.07) is 4.69. The zero-order valence-electron chi connectivity index (χ0n) is 12.2. The molecule has 1 aliphatic rings. The molecule has 0 aromatic heterocycles. The van der Waals surface area contributed by atoms with Gasteiger partial charge in [-0.15, -0.1) is 0 Å². The van der Waals surface area contributed by atoms with Gasteiger partial charge in [0.1, 0.15) is 5.82 Å². The standard InChI is InChI=1S/C15H22FN3O/c1-15(2,3)11-6-7-19(9-11)13-5-4-10(8-12(13)16)14(17)18-20/h4-5,8,11,20H,6-7,9H2,1-3H3,(H2,17,18). The van der Waals surface area contributed by atoms with Crippen molar-refractivity contribution in [1.29, 1.82) is 0 Å². The van der Waals surface area contributed by atoms with Gasteiger partial charge in [0.25, 0.3) is 0 Å². The third kappa shape index (κ3) is 2.86. The van der Waals surface area contributed by atoms with Crippen molar-refractivity contribution in [1.82, 2.24) is 0 Å². The summed E-state index contributed by atoms with van der Waals surface area (Å²) in [6.45, 7) is 8.39. The number of anilines is 1. The van der Waals surface area contributed by atoms with Crippen LogP contribution in [0.5, 0.6) is 0 Å². The predicted molar refractivity (Wildman–Crippen MR) is 78.7 cm³/mol. The van der Waals surface area contributed by atoms with Crippen LogP contribution in [-0.2, 0) is 0 Å². The van der Waals surface area contributed by atoms with Crippen molar-refractivity contribution in [2.75, 3.05) is 18.0 Å². The van der Waals surface area contributed by atoms with Crippen molar-refractivity contribution < 1.29 is 9.60 Å². The maximum atomic E-state index is 14.2. The van der Waals surface area contributed by atoms with E-state index in [-0.39, 0.29) is 17.1 Å². The van der Waals surface area contributed by atoms with Gasteiger partial charge in [-0.2, -0.15) is 0 Å². The van der Waals surface area contributed by atoms with Crippen LogP contribution in [0.2, 0.25) is 0 Å². The summed E-state index contributed by atoms with van der Waals surface area (Å²) in [5.41, 5.74) is 6.68. The summed E-state index contributed by atoms with van der Waals surface area (Å²) >= 11 is 0. The van der Waals surface area contributed by atoms with Gasteiger partial charge >= 0.3 is 0 Å². The fraction of sp³-hybridized carbons (Fsp3) is 0.533. The number of halogens is 1. The summed E-state index contributed by atoms with van der Waals surface area (Å²) in [5, 5.41) is 11.5. The lowest BCUT2D eigenvalue weighted by molar-refractivity contribution is 0.263. The Morgan fingerprint density at radius 2 is 2.15 bits per heavy atom. The largest absolute Gasteiger partial charge is 0.409 e. The average molecular weight is 279 g/mol. The van der Waals surface area contributed by atoms with Crippen molar-refractivity contribution in [3.63, 3.8) is 0 Å². The zero-order chi connectivity index (χ0) is 14.9. The fourth-order valence-electron chi connectivity index (χ4n) is 2.67. The Bertz CT molecular complexity index is 522. The molecule has 20 heavy (non-hydrogen) atoms. The van der Waals surface area contributed by atoms with Gasteiger partial charge in [0.15, 0.2) is 5.84 Å².